The normalized spacial score (nSPS) is 12.2. The molecule has 20 heavy (non-hydrogen) atoms. The Bertz CT molecular complexity index is 456. The van der Waals surface area contributed by atoms with Gasteiger partial charge in [0.15, 0.2) is 0 Å². The molecule has 0 bridgehead atoms. The van der Waals surface area contributed by atoms with Crippen molar-refractivity contribution in [1.29, 1.82) is 0 Å². The molecule has 1 rings (SSSR count). The molecule has 1 aromatic carbocycles. The number of rotatable bonds is 7. The Hall–Kier alpha value is -1.83. The van der Waals surface area contributed by atoms with Gasteiger partial charge in [-0.2, -0.15) is 0 Å². The topological polar surface area (TPSA) is 26.3 Å². The lowest BCUT2D eigenvalue weighted by Crippen LogP contribution is -2.05. The average molecular weight is 272 g/mol. The summed E-state index contributed by atoms with van der Waals surface area (Å²) < 4.78 is 5.05. The minimum atomic E-state index is -0.242. The number of hydrogen-bond donors (Lipinski definition) is 0. The first-order valence-electron chi connectivity index (χ1n) is 7.11. The summed E-state index contributed by atoms with van der Waals surface area (Å²) in [6.07, 6.45) is 9.89. The number of allylic oxidation sites excluding steroid dienone is 3. The summed E-state index contributed by atoms with van der Waals surface area (Å²) in [4.78, 5) is 11.6. The van der Waals surface area contributed by atoms with E-state index in [1.165, 1.54) is 6.26 Å². The molecule has 0 aliphatic heterocycles. The number of ether oxygens (including phenoxy) is 1. The lowest BCUT2D eigenvalue weighted by Gasteiger charge is -2.18. The summed E-state index contributed by atoms with van der Waals surface area (Å²) in [6, 6.07) is 9.59. The van der Waals surface area contributed by atoms with E-state index < -0.39 is 0 Å². The van der Waals surface area contributed by atoms with Crippen LogP contribution in [0.4, 0.5) is 0 Å². The number of esters is 1. The highest BCUT2D eigenvalue weighted by atomic mass is 16.5. The van der Waals surface area contributed by atoms with Gasteiger partial charge in [0.25, 0.3) is 0 Å². The molecule has 1 aromatic rings. The van der Waals surface area contributed by atoms with Gasteiger partial charge in [-0.25, -0.2) is 0 Å². The van der Waals surface area contributed by atoms with Gasteiger partial charge in [-0.05, 0) is 23.5 Å². The minimum absolute atomic E-state index is 0.188. The van der Waals surface area contributed by atoms with Gasteiger partial charge < -0.3 is 4.74 Å². The van der Waals surface area contributed by atoms with Gasteiger partial charge in [0.1, 0.15) is 0 Å². The van der Waals surface area contributed by atoms with E-state index in [0.29, 0.717) is 6.42 Å². The summed E-state index contributed by atoms with van der Waals surface area (Å²) in [5, 5.41) is 0. The smallest absolute Gasteiger partial charge is 0.315 e. The fourth-order valence-corrected chi connectivity index (χ4v) is 2.01. The molecular formula is C18H24O2. The van der Waals surface area contributed by atoms with E-state index in [4.69, 9.17) is 4.74 Å². The molecule has 0 unspecified atom stereocenters. The molecule has 0 N–H and O–H groups in total. The van der Waals surface area contributed by atoms with Crippen molar-refractivity contribution >= 4 is 5.97 Å². The van der Waals surface area contributed by atoms with Crippen LogP contribution in [0.3, 0.4) is 0 Å². The summed E-state index contributed by atoms with van der Waals surface area (Å²) in [7, 11) is 0. The van der Waals surface area contributed by atoms with Crippen LogP contribution in [0.1, 0.15) is 39.2 Å². The van der Waals surface area contributed by atoms with E-state index in [1.807, 2.05) is 36.4 Å². The van der Waals surface area contributed by atoms with Gasteiger partial charge >= 0.3 is 5.97 Å². The molecule has 108 valence electrons. The van der Waals surface area contributed by atoms with Crippen LogP contribution in [0, 0.1) is 5.41 Å². The van der Waals surface area contributed by atoms with Gasteiger partial charge in [-0.15, -0.1) is 0 Å². The SMILES string of the molecule is CCCC(C)(C)/C=C/C=C/OC(=O)Cc1ccccc1. The molecule has 0 aliphatic rings. The maximum absolute atomic E-state index is 11.6. The van der Waals surface area contributed by atoms with Crippen molar-refractivity contribution < 1.29 is 9.53 Å². The van der Waals surface area contributed by atoms with E-state index in [9.17, 15) is 4.79 Å². The highest BCUT2D eigenvalue weighted by molar-refractivity contribution is 5.73. The largest absolute Gasteiger partial charge is 0.434 e. The van der Waals surface area contributed by atoms with Crippen molar-refractivity contribution in [2.45, 2.75) is 40.0 Å². The monoisotopic (exact) mass is 272 g/mol. The molecule has 0 heterocycles. The number of carbonyl (C=O) groups excluding carboxylic acids is 1. The predicted molar refractivity (Wildman–Crippen MR) is 83.2 cm³/mol. The van der Waals surface area contributed by atoms with Crippen LogP contribution >= 0.6 is 0 Å². The Kier molecular flexibility index (Phi) is 6.78. The fourth-order valence-electron chi connectivity index (χ4n) is 2.01. The average Bonchev–Trinajstić information content (AvgIpc) is 2.39. The molecule has 0 saturated carbocycles. The fraction of sp³-hybridized carbons (Fsp3) is 0.389. The Morgan fingerprint density at radius 3 is 2.55 bits per heavy atom. The highest BCUT2D eigenvalue weighted by Crippen LogP contribution is 2.23. The number of hydrogen-bond acceptors (Lipinski definition) is 2. The van der Waals surface area contributed by atoms with E-state index in [2.05, 4.69) is 26.8 Å². The molecule has 0 aliphatic carbocycles. The van der Waals surface area contributed by atoms with Gasteiger partial charge in [-0.3, -0.25) is 4.79 Å². The molecule has 0 radical (unpaired) electrons. The molecule has 0 saturated heterocycles. The van der Waals surface area contributed by atoms with Crippen LogP contribution in [0.15, 0.2) is 54.8 Å². The predicted octanol–water partition coefficient (Wildman–Crippen LogP) is 4.67. The van der Waals surface area contributed by atoms with Crippen LogP contribution in [0.25, 0.3) is 0 Å². The molecule has 0 aromatic heterocycles. The van der Waals surface area contributed by atoms with Crippen molar-refractivity contribution in [3.63, 3.8) is 0 Å². The third-order valence-corrected chi connectivity index (χ3v) is 3.02. The summed E-state index contributed by atoms with van der Waals surface area (Å²) >= 11 is 0. The van der Waals surface area contributed by atoms with Crippen molar-refractivity contribution in [1.82, 2.24) is 0 Å². The van der Waals surface area contributed by atoms with Crippen LogP contribution in [0.2, 0.25) is 0 Å². The van der Waals surface area contributed by atoms with Gasteiger partial charge in [0.2, 0.25) is 0 Å². The molecule has 0 amide bonds. The molecule has 2 nitrogen and oxygen atoms in total. The lowest BCUT2D eigenvalue weighted by molar-refractivity contribution is -0.137. The quantitative estimate of drug-likeness (QED) is 0.409. The van der Waals surface area contributed by atoms with Crippen LogP contribution in [-0.4, -0.2) is 5.97 Å². The van der Waals surface area contributed by atoms with Gasteiger partial charge in [0.05, 0.1) is 12.7 Å². The second kappa shape index (κ2) is 8.36. The van der Waals surface area contributed by atoms with Crippen molar-refractivity contribution in [2.24, 2.45) is 5.41 Å². The minimum Gasteiger partial charge on any atom is -0.434 e. The van der Waals surface area contributed by atoms with Crippen LogP contribution in [0.5, 0.6) is 0 Å². The Morgan fingerprint density at radius 1 is 1.20 bits per heavy atom. The summed E-state index contributed by atoms with van der Waals surface area (Å²) in [6.45, 7) is 6.57. The van der Waals surface area contributed by atoms with Gasteiger partial charge in [-0.1, -0.05) is 69.7 Å². The third-order valence-electron chi connectivity index (χ3n) is 3.02. The van der Waals surface area contributed by atoms with E-state index in [0.717, 1.165) is 18.4 Å². The molecule has 0 atom stereocenters. The standard InChI is InChI=1S/C18H24O2/c1-4-12-18(2,3)13-8-9-14-20-17(19)15-16-10-6-5-7-11-16/h5-11,13-14H,4,12,15H2,1-3H3/b13-8+,14-9+. The summed E-state index contributed by atoms with van der Waals surface area (Å²) in [5.74, 6) is -0.242. The Morgan fingerprint density at radius 2 is 1.90 bits per heavy atom. The number of benzene rings is 1. The molecule has 0 spiro atoms. The van der Waals surface area contributed by atoms with Gasteiger partial charge in [0, 0.05) is 0 Å². The third kappa shape index (κ3) is 6.93. The highest BCUT2D eigenvalue weighted by Gasteiger charge is 2.10. The maximum atomic E-state index is 11.6. The molecular weight excluding hydrogens is 248 g/mol. The zero-order valence-electron chi connectivity index (χ0n) is 12.6. The first-order valence-corrected chi connectivity index (χ1v) is 7.11. The van der Waals surface area contributed by atoms with Crippen LogP contribution in [-0.2, 0) is 16.0 Å². The van der Waals surface area contributed by atoms with Crippen molar-refractivity contribution in [2.75, 3.05) is 0 Å². The second-order valence-electron chi connectivity index (χ2n) is 5.58. The Labute approximate surface area is 122 Å². The first kappa shape index (κ1) is 16.2. The maximum Gasteiger partial charge on any atom is 0.315 e. The number of carbonyl (C=O) groups is 1. The molecule has 0 fully saturated rings. The summed E-state index contributed by atoms with van der Waals surface area (Å²) in [5.41, 5.74) is 1.15. The van der Waals surface area contributed by atoms with E-state index in [-0.39, 0.29) is 11.4 Å². The van der Waals surface area contributed by atoms with Crippen LogP contribution < -0.4 is 0 Å². The van der Waals surface area contributed by atoms with Crippen molar-refractivity contribution in [3.8, 4) is 0 Å². The zero-order valence-corrected chi connectivity index (χ0v) is 12.6. The second-order valence-corrected chi connectivity index (χ2v) is 5.58. The zero-order chi connectivity index (χ0) is 14.8. The first-order chi connectivity index (χ1) is 9.53. The van der Waals surface area contributed by atoms with E-state index >= 15 is 0 Å². The van der Waals surface area contributed by atoms with E-state index in [1.54, 1.807) is 6.08 Å². The molecule has 2 heteroatoms. The van der Waals surface area contributed by atoms with Crippen molar-refractivity contribution in [3.05, 3.63) is 60.4 Å². The lowest BCUT2D eigenvalue weighted by atomic mass is 9.88. The Balaban J connectivity index is 2.34.